The first-order valence-electron chi connectivity index (χ1n) is 8.39. The Kier molecular flexibility index (Phi) is 5.04. The number of amides is 1. The molecule has 0 spiro atoms. The fraction of sp³-hybridized carbons (Fsp3) is 0.350. The Morgan fingerprint density at radius 2 is 1.67 bits per heavy atom. The summed E-state index contributed by atoms with van der Waals surface area (Å²) >= 11 is 0. The van der Waals surface area contributed by atoms with Crippen molar-refractivity contribution in [1.29, 1.82) is 0 Å². The summed E-state index contributed by atoms with van der Waals surface area (Å²) < 4.78 is 5.34. The van der Waals surface area contributed by atoms with Crippen LogP contribution in [0.25, 0.3) is 0 Å². The number of rotatable bonds is 4. The lowest BCUT2D eigenvalue weighted by Crippen LogP contribution is -2.49. The largest absolute Gasteiger partial charge is 0.496 e. The van der Waals surface area contributed by atoms with Gasteiger partial charge in [-0.15, -0.1) is 0 Å². The Morgan fingerprint density at radius 1 is 1.00 bits per heavy atom. The topological polar surface area (TPSA) is 32.8 Å². The minimum Gasteiger partial charge on any atom is -0.496 e. The van der Waals surface area contributed by atoms with E-state index in [0.29, 0.717) is 6.42 Å². The van der Waals surface area contributed by atoms with Crippen LogP contribution in [0, 0.1) is 6.92 Å². The molecule has 0 aliphatic carbocycles. The Bertz CT molecular complexity index is 706. The van der Waals surface area contributed by atoms with Gasteiger partial charge in [0, 0.05) is 37.4 Å². The zero-order chi connectivity index (χ0) is 16.9. The highest BCUT2D eigenvalue weighted by Gasteiger charge is 2.22. The van der Waals surface area contributed by atoms with Gasteiger partial charge in [-0.05, 0) is 24.6 Å². The SMILES string of the molecule is COc1ccccc1CC(=O)N1CCN(c2ccccc2C)CC1. The van der Waals surface area contributed by atoms with Crippen molar-refractivity contribution in [3.63, 3.8) is 0 Å². The number of piperazine rings is 1. The first-order valence-corrected chi connectivity index (χ1v) is 8.39. The van der Waals surface area contributed by atoms with Crippen molar-refractivity contribution in [3.05, 3.63) is 59.7 Å². The van der Waals surface area contributed by atoms with Crippen LogP contribution < -0.4 is 9.64 Å². The van der Waals surface area contributed by atoms with E-state index in [2.05, 4.69) is 36.1 Å². The highest BCUT2D eigenvalue weighted by Crippen LogP contribution is 2.22. The number of aryl methyl sites for hydroxylation is 1. The van der Waals surface area contributed by atoms with Gasteiger partial charge < -0.3 is 14.5 Å². The van der Waals surface area contributed by atoms with Gasteiger partial charge >= 0.3 is 0 Å². The first kappa shape index (κ1) is 16.4. The highest BCUT2D eigenvalue weighted by molar-refractivity contribution is 5.80. The number of para-hydroxylation sites is 2. The summed E-state index contributed by atoms with van der Waals surface area (Å²) in [5.41, 5.74) is 3.51. The highest BCUT2D eigenvalue weighted by atomic mass is 16.5. The lowest BCUT2D eigenvalue weighted by atomic mass is 10.1. The molecule has 0 N–H and O–H groups in total. The van der Waals surface area contributed by atoms with Crippen molar-refractivity contribution in [2.24, 2.45) is 0 Å². The molecule has 126 valence electrons. The molecule has 0 aromatic heterocycles. The summed E-state index contributed by atoms with van der Waals surface area (Å²) in [4.78, 5) is 16.9. The van der Waals surface area contributed by atoms with Crippen LogP contribution in [-0.4, -0.2) is 44.1 Å². The maximum Gasteiger partial charge on any atom is 0.227 e. The Balaban J connectivity index is 1.60. The summed E-state index contributed by atoms with van der Waals surface area (Å²) in [5, 5.41) is 0. The van der Waals surface area contributed by atoms with E-state index in [1.165, 1.54) is 11.3 Å². The van der Waals surface area contributed by atoms with Crippen LogP contribution >= 0.6 is 0 Å². The maximum absolute atomic E-state index is 12.6. The van der Waals surface area contributed by atoms with Crippen molar-refractivity contribution in [2.75, 3.05) is 38.2 Å². The average Bonchev–Trinajstić information content (AvgIpc) is 2.63. The van der Waals surface area contributed by atoms with E-state index in [1.54, 1.807) is 7.11 Å². The lowest BCUT2D eigenvalue weighted by Gasteiger charge is -2.37. The van der Waals surface area contributed by atoms with E-state index in [9.17, 15) is 4.79 Å². The molecule has 1 heterocycles. The summed E-state index contributed by atoms with van der Waals surface area (Å²) in [7, 11) is 1.64. The number of carbonyl (C=O) groups is 1. The molecule has 1 fully saturated rings. The van der Waals surface area contributed by atoms with Crippen LogP contribution in [0.5, 0.6) is 5.75 Å². The monoisotopic (exact) mass is 324 g/mol. The van der Waals surface area contributed by atoms with Gasteiger partial charge in [0.1, 0.15) is 5.75 Å². The molecule has 0 saturated carbocycles. The summed E-state index contributed by atoms with van der Waals surface area (Å²) in [6, 6.07) is 16.2. The molecular formula is C20H24N2O2. The Labute approximate surface area is 143 Å². The zero-order valence-electron chi connectivity index (χ0n) is 14.4. The Morgan fingerprint density at radius 3 is 2.38 bits per heavy atom. The van der Waals surface area contributed by atoms with E-state index in [4.69, 9.17) is 4.74 Å². The summed E-state index contributed by atoms with van der Waals surface area (Å²) in [6.45, 7) is 5.42. The zero-order valence-corrected chi connectivity index (χ0v) is 14.4. The normalized spacial score (nSPS) is 14.6. The van der Waals surface area contributed by atoms with Gasteiger partial charge in [0.15, 0.2) is 0 Å². The molecule has 1 saturated heterocycles. The second-order valence-corrected chi connectivity index (χ2v) is 6.14. The van der Waals surface area contributed by atoms with Crippen molar-refractivity contribution in [2.45, 2.75) is 13.3 Å². The van der Waals surface area contributed by atoms with E-state index in [0.717, 1.165) is 37.5 Å². The number of hydrogen-bond donors (Lipinski definition) is 0. The molecule has 2 aromatic rings. The smallest absolute Gasteiger partial charge is 0.227 e. The molecular weight excluding hydrogens is 300 g/mol. The molecule has 1 aliphatic rings. The molecule has 0 unspecified atom stereocenters. The van der Waals surface area contributed by atoms with Crippen LogP contribution in [0.3, 0.4) is 0 Å². The molecule has 2 aromatic carbocycles. The number of ether oxygens (including phenoxy) is 1. The van der Waals surface area contributed by atoms with Crippen molar-refractivity contribution < 1.29 is 9.53 Å². The third-order valence-electron chi connectivity index (χ3n) is 4.62. The summed E-state index contributed by atoms with van der Waals surface area (Å²) in [6.07, 6.45) is 0.397. The fourth-order valence-electron chi connectivity index (χ4n) is 3.24. The average molecular weight is 324 g/mol. The summed E-state index contributed by atoms with van der Waals surface area (Å²) in [5.74, 6) is 0.952. The predicted octanol–water partition coefficient (Wildman–Crippen LogP) is 2.89. The van der Waals surface area contributed by atoms with Crippen LogP contribution in [0.4, 0.5) is 5.69 Å². The van der Waals surface area contributed by atoms with E-state index in [-0.39, 0.29) is 5.91 Å². The van der Waals surface area contributed by atoms with E-state index < -0.39 is 0 Å². The third kappa shape index (κ3) is 3.53. The quantitative estimate of drug-likeness (QED) is 0.867. The number of hydrogen-bond acceptors (Lipinski definition) is 3. The molecule has 1 aliphatic heterocycles. The minimum absolute atomic E-state index is 0.170. The van der Waals surface area contributed by atoms with Crippen LogP contribution in [0.1, 0.15) is 11.1 Å². The first-order chi connectivity index (χ1) is 11.7. The van der Waals surface area contributed by atoms with Gasteiger partial charge in [-0.1, -0.05) is 36.4 Å². The van der Waals surface area contributed by atoms with Crippen molar-refractivity contribution in [3.8, 4) is 5.75 Å². The molecule has 4 nitrogen and oxygen atoms in total. The third-order valence-corrected chi connectivity index (χ3v) is 4.62. The molecule has 0 radical (unpaired) electrons. The number of benzene rings is 2. The van der Waals surface area contributed by atoms with E-state index >= 15 is 0 Å². The number of methoxy groups -OCH3 is 1. The second-order valence-electron chi connectivity index (χ2n) is 6.14. The molecule has 0 bridgehead atoms. The number of anilines is 1. The molecule has 1 amide bonds. The standard InChI is InChI=1S/C20H24N2O2/c1-16-7-3-5-9-18(16)21-11-13-22(14-12-21)20(23)15-17-8-4-6-10-19(17)24-2/h3-10H,11-15H2,1-2H3. The molecule has 3 rings (SSSR count). The van der Waals surface area contributed by atoms with Gasteiger partial charge in [0.05, 0.1) is 13.5 Å². The molecule has 0 atom stereocenters. The lowest BCUT2D eigenvalue weighted by molar-refractivity contribution is -0.130. The van der Waals surface area contributed by atoms with Crippen LogP contribution in [0.15, 0.2) is 48.5 Å². The van der Waals surface area contributed by atoms with E-state index in [1.807, 2.05) is 29.2 Å². The minimum atomic E-state index is 0.170. The molecule has 4 heteroatoms. The maximum atomic E-state index is 12.6. The van der Waals surface area contributed by atoms with Gasteiger partial charge in [-0.2, -0.15) is 0 Å². The van der Waals surface area contributed by atoms with Gasteiger partial charge in [0.2, 0.25) is 5.91 Å². The van der Waals surface area contributed by atoms with Gasteiger partial charge in [-0.25, -0.2) is 0 Å². The fourth-order valence-corrected chi connectivity index (χ4v) is 3.24. The van der Waals surface area contributed by atoms with Crippen LogP contribution in [-0.2, 0) is 11.2 Å². The number of nitrogens with zero attached hydrogens (tertiary/aromatic N) is 2. The second kappa shape index (κ2) is 7.39. The van der Waals surface area contributed by atoms with Gasteiger partial charge in [0.25, 0.3) is 0 Å². The van der Waals surface area contributed by atoms with Gasteiger partial charge in [-0.3, -0.25) is 4.79 Å². The number of carbonyl (C=O) groups excluding carboxylic acids is 1. The van der Waals surface area contributed by atoms with Crippen molar-refractivity contribution >= 4 is 11.6 Å². The van der Waals surface area contributed by atoms with Crippen LogP contribution in [0.2, 0.25) is 0 Å². The predicted molar refractivity (Wildman–Crippen MR) is 96.7 cm³/mol. The van der Waals surface area contributed by atoms with Crippen molar-refractivity contribution in [1.82, 2.24) is 4.90 Å². The molecule has 24 heavy (non-hydrogen) atoms. The Hall–Kier alpha value is -2.49.